The third-order valence-electron chi connectivity index (χ3n) is 3.35. The van der Waals surface area contributed by atoms with Crippen LogP contribution < -0.4 is 0 Å². The normalized spacial score (nSPS) is 18.6. The summed E-state index contributed by atoms with van der Waals surface area (Å²) in [4.78, 5) is 11.3. The van der Waals surface area contributed by atoms with Gasteiger partial charge in [-0.1, -0.05) is 25.0 Å². The van der Waals surface area contributed by atoms with Crippen LogP contribution >= 0.6 is 0 Å². The largest absolute Gasteiger partial charge is 0.481 e. The zero-order valence-corrected chi connectivity index (χ0v) is 9.03. The number of aliphatic carboxylic acids is 1. The lowest BCUT2D eigenvalue weighted by molar-refractivity contribution is -0.140. The number of hydrogen-bond donors (Lipinski definition) is 1. The van der Waals surface area contributed by atoms with Gasteiger partial charge in [-0.2, -0.15) is 0 Å². The number of halogens is 1. The Labute approximate surface area is 94.1 Å². The second kappa shape index (κ2) is 4.64. The van der Waals surface area contributed by atoms with Crippen LogP contribution in [-0.4, -0.2) is 11.1 Å². The Balaban J connectivity index is 2.28. The Morgan fingerprint density at radius 3 is 2.62 bits per heavy atom. The van der Waals surface area contributed by atoms with Gasteiger partial charge in [0.25, 0.3) is 0 Å². The molecule has 86 valence electrons. The molecule has 0 saturated heterocycles. The minimum Gasteiger partial charge on any atom is -0.481 e. The topological polar surface area (TPSA) is 37.3 Å². The van der Waals surface area contributed by atoms with Crippen LogP contribution in [0.25, 0.3) is 0 Å². The molecule has 2 nitrogen and oxygen atoms in total. The van der Waals surface area contributed by atoms with Crippen molar-refractivity contribution in [1.29, 1.82) is 0 Å². The molecule has 1 aliphatic carbocycles. The molecule has 1 N–H and O–H groups in total. The first kappa shape index (κ1) is 11.1. The summed E-state index contributed by atoms with van der Waals surface area (Å²) in [6.07, 6.45) is 4.05. The molecule has 1 saturated carbocycles. The molecule has 0 amide bonds. The van der Waals surface area contributed by atoms with Crippen molar-refractivity contribution in [2.24, 2.45) is 5.92 Å². The van der Waals surface area contributed by atoms with Crippen LogP contribution in [-0.2, 0) is 4.79 Å². The maximum atomic E-state index is 13.1. The van der Waals surface area contributed by atoms with Crippen molar-refractivity contribution < 1.29 is 14.3 Å². The molecular weight excluding hydrogens is 207 g/mol. The molecule has 1 atom stereocenters. The Morgan fingerprint density at radius 2 is 2.06 bits per heavy atom. The standard InChI is InChI=1S/C13H15FO2/c14-11-7-3-6-10(8-11)12(13(15)16)9-4-1-2-5-9/h3,6-9,12H,1-2,4-5H2,(H,15,16). The summed E-state index contributed by atoms with van der Waals surface area (Å²) in [5.41, 5.74) is 0.597. The molecule has 0 aliphatic heterocycles. The van der Waals surface area contributed by atoms with Gasteiger partial charge >= 0.3 is 5.97 Å². The monoisotopic (exact) mass is 222 g/mol. The van der Waals surface area contributed by atoms with Crippen LogP contribution in [0.15, 0.2) is 24.3 Å². The number of rotatable bonds is 3. The fourth-order valence-electron chi connectivity index (χ4n) is 2.61. The molecule has 0 spiro atoms. The third kappa shape index (κ3) is 2.23. The summed E-state index contributed by atoms with van der Waals surface area (Å²) in [5, 5.41) is 9.26. The first-order valence-electron chi connectivity index (χ1n) is 5.67. The molecule has 1 aliphatic rings. The number of carboxylic acid groups (broad SMARTS) is 1. The van der Waals surface area contributed by atoms with E-state index in [-0.39, 0.29) is 11.7 Å². The SMILES string of the molecule is O=C(O)C(c1cccc(F)c1)C1CCCC1. The van der Waals surface area contributed by atoms with Gasteiger partial charge in [0.1, 0.15) is 5.82 Å². The summed E-state index contributed by atoms with van der Waals surface area (Å²) in [5.74, 6) is -1.57. The molecule has 1 fully saturated rings. The van der Waals surface area contributed by atoms with Gasteiger partial charge in [0.15, 0.2) is 0 Å². The van der Waals surface area contributed by atoms with Crippen molar-refractivity contribution in [2.45, 2.75) is 31.6 Å². The average Bonchev–Trinajstić information content (AvgIpc) is 2.71. The zero-order valence-electron chi connectivity index (χ0n) is 9.03. The van der Waals surface area contributed by atoms with Crippen molar-refractivity contribution in [3.63, 3.8) is 0 Å². The molecule has 0 heterocycles. The number of carboxylic acids is 1. The van der Waals surface area contributed by atoms with E-state index in [9.17, 15) is 14.3 Å². The van der Waals surface area contributed by atoms with Gasteiger partial charge in [0.05, 0.1) is 5.92 Å². The molecule has 0 bridgehead atoms. The first-order valence-corrected chi connectivity index (χ1v) is 5.67. The minimum atomic E-state index is -0.836. The summed E-state index contributed by atoms with van der Waals surface area (Å²) in [6, 6.07) is 5.98. The second-order valence-corrected chi connectivity index (χ2v) is 4.42. The van der Waals surface area contributed by atoms with E-state index in [4.69, 9.17) is 0 Å². The minimum absolute atomic E-state index is 0.166. The lowest BCUT2D eigenvalue weighted by Crippen LogP contribution is -2.19. The maximum absolute atomic E-state index is 13.1. The Kier molecular flexibility index (Phi) is 3.22. The highest BCUT2D eigenvalue weighted by Crippen LogP contribution is 2.37. The van der Waals surface area contributed by atoms with Gasteiger partial charge in [-0.05, 0) is 36.5 Å². The van der Waals surface area contributed by atoms with Gasteiger partial charge in [-0.25, -0.2) is 4.39 Å². The molecule has 2 rings (SSSR count). The lowest BCUT2D eigenvalue weighted by Gasteiger charge is -2.19. The zero-order chi connectivity index (χ0) is 11.5. The van der Waals surface area contributed by atoms with Crippen LogP contribution in [0.4, 0.5) is 4.39 Å². The average molecular weight is 222 g/mol. The molecule has 0 radical (unpaired) electrons. The van der Waals surface area contributed by atoms with Crippen LogP contribution in [0, 0.1) is 11.7 Å². The van der Waals surface area contributed by atoms with Crippen molar-refractivity contribution in [2.75, 3.05) is 0 Å². The fourth-order valence-corrected chi connectivity index (χ4v) is 2.61. The van der Waals surface area contributed by atoms with E-state index in [0.717, 1.165) is 25.7 Å². The van der Waals surface area contributed by atoms with E-state index >= 15 is 0 Å². The Hall–Kier alpha value is -1.38. The number of hydrogen-bond acceptors (Lipinski definition) is 1. The summed E-state index contributed by atoms with van der Waals surface area (Å²) in [7, 11) is 0. The van der Waals surface area contributed by atoms with Gasteiger partial charge < -0.3 is 5.11 Å². The van der Waals surface area contributed by atoms with E-state index in [2.05, 4.69) is 0 Å². The van der Waals surface area contributed by atoms with E-state index in [1.807, 2.05) is 0 Å². The highest BCUT2D eigenvalue weighted by molar-refractivity contribution is 5.76. The molecule has 1 aromatic carbocycles. The molecule has 1 unspecified atom stereocenters. The fraction of sp³-hybridized carbons (Fsp3) is 0.462. The highest BCUT2D eigenvalue weighted by atomic mass is 19.1. The van der Waals surface area contributed by atoms with E-state index in [1.54, 1.807) is 12.1 Å². The van der Waals surface area contributed by atoms with E-state index in [1.165, 1.54) is 12.1 Å². The Bertz CT molecular complexity index is 383. The van der Waals surface area contributed by atoms with Crippen LogP contribution in [0.1, 0.15) is 37.2 Å². The van der Waals surface area contributed by atoms with Crippen molar-refractivity contribution in [3.05, 3.63) is 35.6 Å². The summed E-state index contributed by atoms with van der Waals surface area (Å²) in [6.45, 7) is 0. The predicted molar refractivity (Wildman–Crippen MR) is 58.7 cm³/mol. The second-order valence-electron chi connectivity index (χ2n) is 4.42. The quantitative estimate of drug-likeness (QED) is 0.852. The smallest absolute Gasteiger partial charge is 0.311 e. The maximum Gasteiger partial charge on any atom is 0.311 e. The van der Waals surface area contributed by atoms with Crippen molar-refractivity contribution in [3.8, 4) is 0 Å². The lowest BCUT2D eigenvalue weighted by atomic mass is 9.85. The van der Waals surface area contributed by atoms with E-state index in [0.29, 0.717) is 5.56 Å². The van der Waals surface area contributed by atoms with Gasteiger partial charge in [-0.15, -0.1) is 0 Å². The van der Waals surface area contributed by atoms with Crippen LogP contribution in [0.2, 0.25) is 0 Å². The van der Waals surface area contributed by atoms with Crippen LogP contribution in [0.5, 0.6) is 0 Å². The summed E-state index contributed by atoms with van der Waals surface area (Å²) >= 11 is 0. The Morgan fingerprint density at radius 1 is 1.38 bits per heavy atom. The van der Waals surface area contributed by atoms with Crippen molar-refractivity contribution >= 4 is 5.97 Å². The molecule has 16 heavy (non-hydrogen) atoms. The van der Waals surface area contributed by atoms with Gasteiger partial charge in [-0.3, -0.25) is 4.79 Å². The summed E-state index contributed by atoms with van der Waals surface area (Å²) < 4.78 is 13.1. The number of carbonyl (C=O) groups is 1. The molecule has 3 heteroatoms. The molecule has 1 aromatic rings. The predicted octanol–water partition coefficient (Wildman–Crippen LogP) is 3.18. The third-order valence-corrected chi connectivity index (χ3v) is 3.35. The molecule has 0 aromatic heterocycles. The first-order chi connectivity index (χ1) is 7.68. The molecular formula is C13H15FO2. The van der Waals surface area contributed by atoms with Crippen LogP contribution in [0.3, 0.4) is 0 Å². The highest BCUT2D eigenvalue weighted by Gasteiger charge is 2.31. The number of benzene rings is 1. The van der Waals surface area contributed by atoms with Gasteiger partial charge in [0.2, 0.25) is 0 Å². The van der Waals surface area contributed by atoms with E-state index < -0.39 is 11.9 Å². The van der Waals surface area contributed by atoms with Gasteiger partial charge in [0, 0.05) is 0 Å². The van der Waals surface area contributed by atoms with Crippen molar-refractivity contribution in [1.82, 2.24) is 0 Å².